The minimum absolute atomic E-state index is 0.258. The van der Waals surface area contributed by atoms with E-state index in [2.05, 4.69) is 24.3 Å². The molecule has 4 heteroatoms. The fourth-order valence-electron chi connectivity index (χ4n) is 5.39. The molecule has 116 valence electrons. The molecule has 1 aromatic rings. The first-order chi connectivity index (χ1) is 10.1. The Balaban J connectivity index is 1.48. The second-order valence-corrected chi connectivity index (χ2v) is 8.23. The largest absolute Gasteiger partial charge is 0.338 e. The van der Waals surface area contributed by atoms with Crippen LogP contribution in [0, 0.1) is 23.7 Å². The molecule has 0 amide bonds. The van der Waals surface area contributed by atoms with Gasteiger partial charge in [-0.05, 0) is 68.7 Å². The molecule has 4 nitrogen and oxygen atoms in total. The van der Waals surface area contributed by atoms with Gasteiger partial charge in [-0.25, -0.2) is 0 Å². The second-order valence-electron chi connectivity index (χ2n) is 8.23. The monoisotopic (exact) mass is 289 g/mol. The molecule has 4 aliphatic carbocycles. The summed E-state index contributed by atoms with van der Waals surface area (Å²) in [5.74, 6) is 5.21. The van der Waals surface area contributed by atoms with Crippen LogP contribution in [-0.4, -0.2) is 16.7 Å². The minimum atomic E-state index is 0.258. The second kappa shape index (κ2) is 5.08. The zero-order chi connectivity index (χ0) is 14.4. The highest BCUT2D eigenvalue weighted by molar-refractivity contribution is 5.16. The maximum atomic E-state index is 5.51. The van der Waals surface area contributed by atoms with Crippen LogP contribution >= 0.6 is 0 Å². The van der Waals surface area contributed by atoms with Crippen LogP contribution in [0.25, 0.3) is 0 Å². The van der Waals surface area contributed by atoms with E-state index < -0.39 is 0 Å². The van der Waals surface area contributed by atoms with Gasteiger partial charge in [0.25, 0.3) is 0 Å². The number of rotatable bonds is 5. The van der Waals surface area contributed by atoms with Gasteiger partial charge in [-0.2, -0.15) is 4.98 Å². The summed E-state index contributed by atoms with van der Waals surface area (Å²) in [6.07, 6.45) is 8.28. The lowest BCUT2D eigenvalue weighted by atomic mass is 9.49. The smallest absolute Gasteiger partial charge is 0.240 e. The summed E-state index contributed by atoms with van der Waals surface area (Å²) in [6, 6.07) is 0. The Morgan fingerprint density at radius 1 is 1.14 bits per heavy atom. The Morgan fingerprint density at radius 3 is 2.33 bits per heavy atom. The van der Waals surface area contributed by atoms with Gasteiger partial charge < -0.3 is 9.84 Å². The quantitative estimate of drug-likeness (QED) is 0.903. The molecule has 0 spiro atoms. The third-order valence-electron chi connectivity index (χ3n) is 5.81. The molecule has 1 aromatic heterocycles. The van der Waals surface area contributed by atoms with Gasteiger partial charge in [0.15, 0.2) is 5.82 Å². The van der Waals surface area contributed by atoms with Crippen LogP contribution in [0.4, 0.5) is 0 Å². The maximum absolute atomic E-state index is 5.51. The summed E-state index contributed by atoms with van der Waals surface area (Å²) in [6.45, 7) is 6.12. The van der Waals surface area contributed by atoms with Crippen molar-refractivity contribution in [3.05, 3.63) is 11.7 Å². The van der Waals surface area contributed by atoms with Crippen LogP contribution in [0.1, 0.15) is 64.1 Å². The van der Waals surface area contributed by atoms with Gasteiger partial charge in [-0.3, -0.25) is 0 Å². The van der Waals surface area contributed by atoms with E-state index in [1.165, 1.54) is 38.5 Å². The molecule has 4 fully saturated rings. The van der Waals surface area contributed by atoms with Crippen molar-refractivity contribution in [1.29, 1.82) is 0 Å². The lowest BCUT2D eigenvalue weighted by molar-refractivity contribution is -0.0103. The van der Waals surface area contributed by atoms with Crippen molar-refractivity contribution in [1.82, 2.24) is 15.5 Å². The first kappa shape index (κ1) is 13.7. The van der Waals surface area contributed by atoms with Crippen molar-refractivity contribution in [2.24, 2.45) is 23.7 Å². The highest BCUT2D eigenvalue weighted by atomic mass is 16.5. The van der Waals surface area contributed by atoms with Crippen LogP contribution in [0.5, 0.6) is 0 Å². The molecule has 0 aromatic carbocycles. The van der Waals surface area contributed by atoms with Crippen molar-refractivity contribution in [2.75, 3.05) is 6.54 Å². The Morgan fingerprint density at radius 2 is 1.76 bits per heavy atom. The van der Waals surface area contributed by atoms with E-state index in [4.69, 9.17) is 9.51 Å². The highest BCUT2D eigenvalue weighted by Crippen LogP contribution is 2.60. The van der Waals surface area contributed by atoms with Gasteiger partial charge >= 0.3 is 0 Å². The molecule has 0 atom stereocenters. The average molecular weight is 289 g/mol. The number of nitrogens with zero attached hydrogens (tertiary/aromatic N) is 2. The summed E-state index contributed by atoms with van der Waals surface area (Å²) in [5.41, 5.74) is 0.258. The molecule has 4 saturated carbocycles. The SMILES string of the molecule is CC(C)CNCc1nc(C23CC4CC(CC(C4)C2)C3)no1. The van der Waals surface area contributed by atoms with Crippen molar-refractivity contribution in [2.45, 2.75) is 64.3 Å². The predicted octanol–water partition coefficient (Wildman–Crippen LogP) is 3.28. The number of hydrogen-bond acceptors (Lipinski definition) is 4. The molecule has 1 N–H and O–H groups in total. The number of hydrogen-bond donors (Lipinski definition) is 1. The van der Waals surface area contributed by atoms with Gasteiger partial charge in [-0.1, -0.05) is 19.0 Å². The lowest BCUT2D eigenvalue weighted by Crippen LogP contribution is -2.49. The molecule has 0 aliphatic heterocycles. The van der Waals surface area contributed by atoms with Gasteiger partial charge in [0, 0.05) is 5.41 Å². The topological polar surface area (TPSA) is 51.0 Å². The van der Waals surface area contributed by atoms with Crippen molar-refractivity contribution < 1.29 is 4.52 Å². The Hall–Kier alpha value is -0.900. The van der Waals surface area contributed by atoms with Crippen molar-refractivity contribution >= 4 is 0 Å². The molecular weight excluding hydrogens is 262 g/mol. The summed E-state index contributed by atoms with van der Waals surface area (Å²) in [4.78, 5) is 4.76. The van der Waals surface area contributed by atoms with E-state index in [9.17, 15) is 0 Å². The van der Waals surface area contributed by atoms with E-state index in [1.54, 1.807) is 0 Å². The Labute approximate surface area is 127 Å². The number of nitrogens with one attached hydrogen (secondary N) is 1. The minimum Gasteiger partial charge on any atom is -0.338 e. The summed E-state index contributed by atoms with van der Waals surface area (Å²) >= 11 is 0. The fourth-order valence-corrected chi connectivity index (χ4v) is 5.39. The summed E-state index contributed by atoms with van der Waals surface area (Å²) in [7, 11) is 0. The normalized spacial score (nSPS) is 37.6. The van der Waals surface area contributed by atoms with Gasteiger partial charge in [0.2, 0.25) is 5.89 Å². The molecular formula is C17H27N3O. The van der Waals surface area contributed by atoms with Crippen LogP contribution in [-0.2, 0) is 12.0 Å². The third-order valence-corrected chi connectivity index (χ3v) is 5.81. The summed E-state index contributed by atoms with van der Waals surface area (Å²) < 4.78 is 5.51. The molecule has 4 aliphatic rings. The zero-order valence-electron chi connectivity index (χ0n) is 13.3. The standard InChI is InChI=1S/C17H27N3O/c1-11(2)9-18-10-15-19-16(20-21-15)17-6-12-3-13(7-17)5-14(4-12)8-17/h11-14,18H,3-10H2,1-2H3. The molecule has 1 heterocycles. The number of aromatic nitrogens is 2. The fraction of sp³-hybridized carbons (Fsp3) is 0.882. The van der Waals surface area contributed by atoms with E-state index >= 15 is 0 Å². The van der Waals surface area contributed by atoms with Gasteiger partial charge in [0.05, 0.1) is 6.54 Å². The van der Waals surface area contributed by atoms with Crippen LogP contribution in [0.2, 0.25) is 0 Å². The van der Waals surface area contributed by atoms with Crippen LogP contribution < -0.4 is 5.32 Å². The van der Waals surface area contributed by atoms with E-state index in [0.29, 0.717) is 12.5 Å². The molecule has 0 unspecified atom stereocenters. The molecule has 5 rings (SSSR count). The molecule has 0 saturated heterocycles. The van der Waals surface area contributed by atoms with Gasteiger partial charge in [0.1, 0.15) is 0 Å². The zero-order valence-corrected chi connectivity index (χ0v) is 13.3. The summed E-state index contributed by atoms with van der Waals surface area (Å²) in [5, 5.41) is 7.77. The van der Waals surface area contributed by atoms with Crippen LogP contribution in [0.15, 0.2) is 4.52 Å². The van der Waals surface area contributed by atoms with Crippen molar-refractivity contribution in [3.63, 3.8) is 0 Å². The Kier molecular flexibility index (Phi) is 3.32. The van der Waals surface area contributed by atoms with E-state index in [-0.39, 0.29) is 5.41 Å². The van der Waals surface area contributed by atoms with Crippen molar-refractivity contribution in [3.8, 4) is 0 Å². The molecule has 0 radical (unpaired) electrons. The van der Waals surface area contributed by atoms with E-state index in [1.807, 2.05) is 0 Å². The first-order valence-electron chi connectivity index (χ1n) is 8.67. The third kappa shape index (κ3) is 2.52. The van der Waals surface area contributed by atoms with Crippen LogP contribution in [0.3, 0.4) is 0 Å². The lowest BCUT2D eigenvalue weighted by Gasteiger charge is -2.55. The van der Waals surface area contributed by atoms with Gasteiger partial charge in [-0.15, -0.1) is 0 Å². The first-order valence-corrected chi connectivity index (χ1v) is 8.67. The highest BCUT2D eigenvalue weighted by Gasteiger charge is 2.53. The van der Waals surface area contributed by atoms with E-state index in [0.717, 1.165) is 36.0 Å². The molecule has 21 heavy (non-hydrogen) atoms. The Bertz CT molecular complexity index is 473. The average Bonchev–Trinajstić information content (AvgIpc) is 2.86. The maximum Gasteiger partial charge on any atom is 0.240 e. The predicted molar refractivity (Wildman–Crippen MR) is 80.7 cm³/mol. The molecule has 4 bridgehead atoms.